The average Bonchev–Trinajstić information content (AvgIpc) is 3.96. The molecule has 18 heteroatoms. The maximum atomic E-state index is 15.5. The number of carbonyl (C=O) groups is 5. The molecule has 1 aromatic carbocycles. The Morgan fingerprint density at radius 1 is 1.00 bits per heavy atom. The van der Waals surface area contributed by atoms with Crippen LogP contribution in [0.15, 0.2) is 30.3 Å². The Hall–Kier alpha value is -4.10. The van der Waals surface area contributed by atoms with Crippen molar-refractivity contribution in [2.45, 2.75) is 185 Å². The summed E-state index contributed by atoms with van der Waals surface area (Å²) < 4.78 is 67.2. The van der Waals surface area contributed by atoms with Crippen LogP contribution in [-0.4, -0.2) is 125 Å². The zero-order chi connectivity index (χ0) is 46.5. The predicted octanol–water partition coefficient (Wildman–Crippen LogP) is 5.84. The van der Waals surface area contributed by atoms with E-state index in [4.69, 9.17) is 23.8 Å². The highest BCUT2D eigenvalue weighted by atomic mass is 19.4. The van der Waals surface area contributed by atoms with Gasteiger partial charge in [0.2, 0.25) is 11.8 Å². The molecule has 4 heterocycles. The minimum absolute atomic E-state index is 0.00368. The molecule has 2 N–H and O–H groups in total. The fourth-order valence-electron chi connectivity index (χ4n) is 9.70. The highest BCUT2D eigenvalue weighted by Crippen LogP contribution is 2.59. The average molecular weight is 908 g/mol. The van der Waals surface area contributed by atoms with Crippen molar-refractivity contribution in [1.29, 1.82) is 0 Å². The van der Waals surface area contributed by atoms with Gasteiger partial charge in [0.05, 0.1) is 19.2 Å². The molecule has 0 spiro atoms. The first-order valence-electron chi connectivity index (χ1n) is 22.8. The number of hydroxylamine groups is 2. The van der Waals surface area contributed by atoms with Crippen molar-refractivity contribution in [2.75, 3.05) is 19.8 Å². The molecule has 5 fully saturated rings. The van der Waals surface area contributed by atoms with Crippen molar-refractivity contribution in [3.05, 3.63) is 41.5 Å². The van der Waals surface area contributed by atoms with Gasteiger partial charge in [-0.15, -0.1) is 0 Å². The van der Waals surface area contributed by atoms with Gasteiger partial charge in [0.1, 0.15) is 41.5 Å². The van der Waals surface area contributed by atoms with E-state index >= 15 is 4.79 Å². The lowest BCUT2D eigenvalue weighted by Gasteiger charge is -2.50. The molecule has 4 saturated heterocycles. The summed E-state index contributed by atoms with van der Waals surface area (Å²) in [6.07, 6.45) is 1.92. The Bertz CT molecular complexity index is 1840. The Kier molecular flexibility index (Phi) is 15.9. The van der Waals surface area contributed by atoms with Crippen LogP contribution in [0.3, 0.4) is 0 Å². The van der Waals surface area contributed by atoms with Crippen LogP contribution in [0.4, 0.5) is 13.2 Å². The van der Waals surface area contributed by atoms with E-state index in [0.29, 0.717) is 36.8 Å². The number of aliphatic hydroxyl groups is 1. The van der Waals surface area contributed by atoms with E-state index in [9.17, 15) is 37.5 Å². The van der Waals surface area contributed by atoms with Crippen molar-refractivity contribution in [2.24, 2.45) is 5.41 Å². The lowest BCUT2D eigenvalue weighted by atomic mass is 9.62. The summed E-state index contributed by atoms with van der Waals surface area (Å²) in [5.74, 6) is -4.23. The van der Waals surface area contributed by atoms with Crippen LogP contribution in [0.2, 0.25) is 0 Å². The van der Waals surface area contributed by atoms with E-state index < -0.39 is 108 Å². The quantitative estimate of drug-likeness (QED) is 0.0691. The van der Waals surface area contributed by atoms with Crippen LogP contribution in [0.25, 0.3) is 6.08 Å². The third-order valence-electron chi connectivity index (χ3n) is 12.6. The zero-order valence-corrected chi connectivity index (χ0v) is 37.5. The second kappa shape index (κ2) is 20.6. The Balaban J connectivity index is 1.28. The number of esters is 3. The van der Waals surface area contributed by atoms with Gasteiger partial charge >= 0.3 is 24.1 Å². The van der Waals surface area contributed by atoms with Gasteiger partial charge in [-0.05, 0) is 70.1 Å². The first-order chi connectivity index (χ1) is 30.3. The number of hydrogen-bond acceptors (Lipinski definition) is 13. The number of ether oxygens (including phenoxy) is 5. The van der Waals surface area contributed by atoms with Crippen molar-refractivity contribution in [1.82, 2.24) is 15.3 Å². The maximum absolute atomic E-state index is 15.5. The second-order valence-corrected chi connectivity index (χ2v) is 18.7. The number of nitrogens with one attached hydrogen (secondary N) is 1. The van der Waals surface area contributed by atoms with Crippen LogP contribution in [0.5, 0.6) is 0 Å². The molecular weight excluding hydrogens is 844 g/mol. The summed E-state index contributed by atoms with van der Waals surface area (Å²) in [5.41, 5.74) is -1.12. The second-order valence-electron chi connectivity index (χ2n) is 18.7. The molecule has 6 rings (SSSR count). The number of amides is 2. The lowest BCUT2D eigenvalue weighted by Crippen LogP contribution is -2.70. The number of nitrogens with zero attached hydrogens (tertiary/aromatic N) is 2. The van der Waals surface area contributed by atoms with Gasteiger partial charge in [-0.1, -0.05) is 63.8 Å². The molecule has 8 atom stereocenters. The standard InChI is InChI=1S/C46H64F3N3O12/c1-6-8-10-22-44(23-11-9-7-2)62-36-33-25-45(42(58)51-24-12-13-32(51)40(56)50-31(27-53)19-21-35(55)61-43(3,4)5)38(41(57)60-33)52(64-39(45)37(36)63-44)26-30-16-14-29(15-17-30)18-20-34(54)59-28-46(47,48)49/h14-18,20,31-33,36-39,53H,6-13,19,21-28H2,1-5H3,(H,50,56)/t31-,32+,33+,36-,37-,38-,39+,45-/m0/s1. The minimum Gasteiger partial charge on any atom is -0.460 e. The largest absolute Gasteiger partial charge is 0.460 e. The van der Waals surface area contributed by atoms with E-state index in [-0.39, 0.29) is 32.4 Å². The summed E-state index contributed by atoms with van der Waals surface area (Å²) in [7, 11) is 0. The fraction of sp³-hybridized carbons (Fsp3) is 0.717. The van der Waals surface area contributed by atoms with Crippen LogP contribution < -0.4 is 5.32 Å². The van der Waals surface area contributed by atoms with Gasteiger partial charge in [-0.2, -0.15) is 18.2 Å². The zero-order valence-electron chi connectivity index (χ0n) is 37.5. The number of rotatable bonds is 20. The molecule has 1 aliphatic carbocycles. The first kappa shape index (κ1) is 49.3. The third-order valence-corrected chi connectivity index (χ3v) is 12.6. The fourth-order valence-corrected chi connectivity index (χ4v) is 9.70. The number of fused-ring (bicyclic) bond motifs is 4. The van der Waals surface area contributed by atoms with Crippen LogP contribution in [0.1, 0.15) is 129 Å². The molecule has 356 valence electrons. The molecule has 2 amide bonds. The molecule has 5 aliphatic rings. The molecule has 2 bridgehead atoms. The Labute approximate surface area is 372 Å². The molecule has 1 saturated carbocycles. The molecule has 0 aromatic heterocycles. The normalized spacial score (nSPS) is 27.9. The number of likely N-dealkylation sites (tertiary alicyclic amines) is 1. The smallest absolute Gasteiger partial charge is 0.422 e. The highest BCUT2D eigenvalue weighted by molar-refractivity contribution is 5.96. The van der Waals surface area contributed by atoms with Crippen LogP contribution >= 0.6 is 0 Å². The number of benzene rings is 1. The minimum atomic E-state index is -4.65. The van der Waals surface area contributed by atoms with E-state index in [0.717, 1.165) is 44.6 Å². The van der Waals surface area contributed by atoms with Crippen LogP contribution in [0, 0.1) is 5.41 Å². The Morgan fingerprint density at radius 2 is 1.67 bits per heavy atom. The summed E-state index contributed by atoms with van der Waals surface area (Å²) in [6.45, 7) is 7.56. The van der Waals surface area contributed by atoms with Gasteiger partial charge in [0, 0.05) is 38.3 Å². The SMILES string of the molecule is CCCCCC1(CCCCC)O[C@@H]2[C@H](O1)[C@H]1ON(Cc3ccc(C=CC(=O)OCC(F)(F)F)cc3)[C@H]3C(=O)O[C@@H]2C[C@@]13C(=O)N1CCC[C@@H]1C(=O)N[C@H](CO)CCC(=O)OC(C)(C)C. The van der Waals surface area contributed by atoms with Gasteiger partial charge in [0.15, 0.2) is 18.4 Å². The summed E-state index contributed by atoms with van der Waals surface area (Å²) >= 11 is 0. The molecule has 0 unspecified atom stereocenters. The molecule has 4 aliphatic heterocycles. The Morgan fingerprint density at radius 3 is 2.30 bits per heavy atom. The lowest BCUT2D eigenvalue weighted by molar-refractivity contribution is -0.225. The van der Waals surface area contributed by atoms with Crippen molar-refractivity contribution < 1.29 is 70.8 Å². The van der Waals surface area contributed by atoms with Gasteiger partial charge in [-0.3, -0.25) is 24.0 Å². The number of aliphatic hydroxyl groups excluding tert-OH is 1. The summed E-state index contributed by atoms with van der Waals surface area (Å²) in [5, 5.41) is 14.5. The number of carbonyl (C=O) groups excluding carboxylic acids is 5. The number of alkyl halides is 3. The molecule has 64 heavy (non-hydrogen) atoms. The topological polar surface area (TPSA) is 179 Å². The highest BCUT2D eigenvalue weighted by Gasteiger charge is 2.77. The van der Waals surface area contributed by atoms with Gasteiger partial charge in [0.25, 0.3) is 0 Å². The van der Waals surface area contributed by atoms with E-state index in [1.165, 1.54) is 16.0 Å². The van der Waals surface area contributed by atoms with Gasteiger partial charge in [-0.25, -0.2) is 4.79 Å². The van der Waals surface area contributed by atoms with Crippen molar-refractivity contribution >= 4 is 35.8 Å². The molecule has 15 nitrogen and oxygen atoms in total. The van der Waals surface area contributed by atoms with E-state index in [1.54, 1.807) is 45.0 Å². The van der Waals surface area contributed by atoms with Gasteiger partial charge < -0.3 is 39.0 Å². The monoisotopic (exact) mass is 907 g/mol. The summed E-state index contributed by atoms with van der Waals surface area (Å²) in [4.78, 5) is 76.5. The third kappa shape index (κ3) is 11.5. The number of hydrogen-bond donors (Lipinski definition) is 2. The first-order valence-corrected chi connectivity index (χ1v) is 22.8. The molecular formula is C46H64F3N3O12. The molecule has 1 aromatic rings. The predicted molar refractivity (Wildman–Crippen MR) is 223 cm³/mol. The van der Waals surface area contributed by atoms with Crippen molar-refractivity contribution in [3.8, 4) is 0 Å². The number of unbranched alkanes of at least 4 members (excludes halogenated alkanes) is 4. The maximum Gasteiger partial charge on any atom is 0.422 e. The van der Waals surface area contributed by atoms with E-state index in [1.807, 2.05) is 0 Å². The van der Waals surface area contributed by atoms with Crippen LogP contribution in [-0.2, 0) is 59.0 Å². The number of halogens is 3. The van der Waals surface area contributed by atoms with Crippen molar-refractivity contribution in [3.63, 3.8) is 0 Å². The van der Waals surface area contributed by atoms with E-state index in [2.05, 4.69) is 23.9 Å². The summed E-state index contributed by atoms with van der Waals surface area (Å²) in [6, 6.07) is 3.70. The molecule has 0 radical (unpaired) electrons.